The van der Waals surface area contributed by atoms with Gasteiger partial charge in [-0.3, -0.25) is 4.79 Å². The zero-order valence-electron chi connectivity index (χ0n) is 12.1. The second-order valence-corrected chi connectivity index (χ2v) is 6.38. The van der Waals surface area contributed by atoms with Crippen molar-refractivity contribution in [3.63, 3.8) is 0 Å². The Morgan fingerprint density at radius 3 is 2.60 bits per heavy atom. The first-order chi connectivity index (χ1) is 9.47. The molecule has 1 N–H and O–H groups in total. The molecule has 0 aliphatic rings. The van der Waals surface area contributed by atoms with Crippen molar-refractivity contribution in [1.82, 2.24) is 4.98 Å². The Kier molecular flexibility index (Phi) is 4.49. The van der Waals surface area contributed by atoms with Crippen molar-refractivity contribution in [3.8, 4) is 0 Å². The molecule has 106 valence electrons. The molecule has 1 heterocycles. The van der Waals surface area contributed by atoms with Crippen molar-refractivity contribution >= 4 is 23.4 Å². The molecular formula is C15H18N2O2S. The summed E-state index contributed by atoms with van der Waals surface area (Å²) >= 11 is 1.71. The van der Waals surface area contributed by atoms with Gasteiger partial charge in [0.05, 0.1) is 11.4 Å². The van der Waals surface area contributed by atoms with Gasteiger partial charge in [0.25, 0.3) is 5.91 Å². The highest BCUT2D eigenvalue weighted by atomic mass is 32.2. The summed E-state index contributed by atoms with van der Waals surface area (Å²) in [5.41, 5.74) is 1.40. The fourth-order valence-electron chi connectivity index (χ4n) is 1.85. The maximum Gasteiger partial charge on any atom is 0.293 e. The first-order valence-electron chi connectivity index (χ1n) is 6.48. The second kappa shape index (κ2) is 6.13. The third-order valence-electron chi connectivity index (χ3n) is 2.61. The molecule has 0 unspecified atom stereocenters. The third kappa shape index (κ3) is 3.42. The summed E-state index contributed by atoms with van der Waals surface area (Å²) in [5, 5.41) is 3.34. The number of benzene rings is 1. The number of para-hydroxylation sites is 1. The molecular weight excluding hydrogens is 272 g/mol. The number of carbonyl (C=O) groups is 1. The van der Waals surface area contributed by atoms with E-state index in [2.05, 4.69) is 24.1 Å². The van der Waals surface area contributed by atoms with Gasteiger partial charge in [-0.2, -0.15) is 0 Å². The smallest absolute Gasteiger partial charge is 0.293 e. The van der Waals surface area contributed by atoms with Crippen molar-refractivity contribution in [2.45, 2.75) is 37.8 Å². The zero-order chi connectivity index (χ0) is 14.7. The number of anilines is 1. The van der Waals surface area contributed by atoms with Crippen LogP contribution in [0, 0.1) is 13.8 Å². The number of aryl methyl sites for hydroxylation is 2. The Labute approximate surface area is 123 Å². The Bertz CT molecular complexity index is 620. The van der Waals surface area contributed by atoms with Crippen molar-refractivity contribution < 1.29 is 9.21 Å². The fraction of sp³-hybridized carbons (Fsp3) is 0.333. The van der Waals surface area contributed by atoms with E-state index in [4.69, 9.17) is 4.42 Å². The van der Waals surface area contributed by atoms with Gasteiger partial charge in [0.2, 0.25) is 5.76 Å². The summed E-state index contributed by atoms with van der Waals surface area (Å²) in [6.07, 6.45) is 0. The number of thioether (sulfide) groups is 1. The molecule has 20 heavy (non-hydrogen) atoms. The van der Waals surface area contributed by atoms with Crippen LogP contribution < -0.4 is 5.32 Å². The van der Waals surface area contributed by atoms with Gasteiger partial charge in [-0.1, -0.05) is 26.0 Å². The van der Waals surface area contributed by atoms with Gasteiger partial charge < -0.3 is 9.73 Å². The van der Waals surface area contributed by atoms with E-state index in [1.807, 2.05) is 24.3 Å². The average molecular weight is 290 g/mol. The van der Waals surface area contributed by atoms with Crippen LogP contribution >= 0.6 is 11.8 Å². The van der Waals surface area contributed by atoms with Crippen molar-refractivity contribution in [2.24, 2.45) is 0 Å². The number of aromatic nitrogens is 1. The molecule has 1 aromatic heterocycles. The van der Waals surface area contributed by atoms with Gasteiger partial charge >= 0.3 is 0 Å². The highest BCUT2D eigenvalue weighted by Gasteiger charge is 2.17. The van der Waals surface area contributed by atoms with E-state index in [1.54, 1.807) is 25.6 Å². The van der Waals surface area contributed by atoms with Crippen LogP contribution in [0.25, 0.3) is 0 Å². The molecule has 0 saturated heterocycles. The molecule has 1 aromatic carbocycles. The van der Waals surface area contributed by atoms with Crippen LogP contribution in [0.3, 0.4) is 0 Å². The topological polar surface area (TPSA) is 55.1 Å². The normalized spacial score (nSPS) is 10.8. The maximum absolute atomic E-state index is 12.2. The number of hydrogen-bond donors (Lipinski definition) is 1. The summed E-state index contributed by atoms with van der Waals surface area (Å²) in [5.74, 6) is 0.504. The van der Waals surface area contributed by atoms with E-state index >= 15 is 0 Å². The molecule has 0 fully saturated rings. The van der Waals surface area contributed by atoms with E-state index in [9.17, 15) is 4.79 Å². The third-order valence-corrected chi connectivity index (χ3v) is 3.69. The Hall–Kier alpha value is -1.75. The summed E-state index contributed by atoms with van der Waals surface area (Å²) in [6.45, 7) is 7.73. The van der Waals surface area contributed by atoms with Crippen LogP contribution in [-0.4, -0.2) is 16.1 Å². The highest BCUT2D eigenvalue weighted by Crippen LogP contribution is 2.30. The molecule has 2 aromatic rings. The number of nitrogens with zero attached hydrogens (tertiary/aromatic N) is 1. The van der Waals surface area contributed by atoms with Crippen LogP contribution in [0.1, 0.15) is 36.0 Å². The lowest BCUT2D eigenvalue weighted by Gasteiger charge is -2.11. The predicted molar refractivity (Wildman–Crippen MR) is 81.4 cm³/mol. The second-order valence-electron chi connectivity index (χ2n) is 4.76. The average Bonchev–Trinajstić information content (AvgIpc) is 2.70. The van der Waals surface area contributed by atoms with E-state index in [0.29, 0.717) is 16.8 Å². The number of hydrogen-bond acceptors (Lipinski definition) is 4. The van der Waals surface area contributed by atoms with E-state index < -0.39 is 0 Å². The van der Waals surface area contributed by atoms with Crippen LogP contribution in [0.15, 0.2) is 33.6 Å². The minimum absolute atomic E-state index is 0.264. The largest absolute Gasteiger partial charge is 0.436 e. The van der Waals surface area contributed by atoms with Crippen LogP contribution in [0.2, 0.25) is 0 Å². The molecule has 0 saturated carbocycles. The van der Waals surface area contributed by atoms with Crippen molar-refractivity contribution in [2.75, 3.05) is 5.32 Å². The highest BCUT2D eigenvalue weighted by molar-refractivity contribution is 8.00. The van der Waals surface area contributed by atoms with E-state index in [0.717, 1.165) is 10.6 Å². The lowest BCUT2D eigenvalue weighted by atomic mass is 10.3. The Morgan fingerprint density at radius 2 is 2.00 bits per heavy atom. The Balaban J connectivity index is 2.22. The predicted octanol–water partition coefficient (Wildman–Crippen LogP) is 4.04. The molecule has 0 spiro atoms. The molecule has 0 radical (unpaired) electrons. The quantitative estimate of drug-likeness (QED) is 0.863. The first kappa shape index (κ1) is 14.7. The minimum Gasteiger partial charge on any atom is -0.436 e. The minimum atomic E-state index is -0.264. The number of carbonyl (C=O) groups excluding carboxylic acids is 1. The molecule has 0 atom stereocenters. The van der Waals surface area contributed by atoms with Crippen LogP contribution in [0.5, 0.6) is 0 Å². The van der Waals surface area contributed by atoms with Crippen LogP contribution in [0.4, 0.5) is 5.69 Å². The molecule has 0 bridgehead atoms. The zero-order valence-corrected chi connectivity index (χ0v) is 12.9. The molecule has 2 rings (SSSR count). The van der Waals surface area contributed by atoms with Crippen LogP contribution in [-0.2, 0) is 0 Å². The van der Waals surface area contributed by atoms with Gasteiger partial charge in [0.15, 0.2) is 5.89 Å². The summed E-state index contributed by atoms with van der Waals surface area (Å²) in [7, 11) is 0. The molecule has 1 amide bonds. The van der Waals surface area contributed by atoms with Crippen molar-refractivity contribution in [1.29, 1.82) is 0 Å². The molecule has 5 heteroatoms. The first-order valence-corrected chi connectivity index (χ1v) is 7.36. The maximum atomic E-state index is 12.2. The van der Waals surface area contributed by atoms with Gasteiger partial charge in [0.1, 0.15) is 0 Å². The SMILES string of the molecule is Cc1nc(C)c(C(=O)Nc2ccccc2SC(C)C)o1. The number of nitrogens with one attached hydrogen (secondary N) is 1. The summed E-state index contributed by atoms with van der Waals surface area (Å²) in [4.78, 5) is 17.4. The molecule has 4 nitrogen and oxygen atoms in total. The lowest BCUT2D eigenvalue weighted by molar-refractivity contribution is 0.0994. The number of rotatable bonds is 4. The number of amides is 1. The van der Waals surface area contributed by atoms with E-state index in [-0.39, 0.29) is 11.7 Å². The monoisotopic (exact) mass is 290 g/mol. The van der Waals surface area contributed by atoms with Gasteiger partial charge in [-0.15, -0.1) is 11.8 Å². The van der Waals surface area contributed by atoms with Gasteiger partial charge in [0, 0.05) is 17.1 Å². The lowest BCUT2D eigenvalue weighted by Crippen LogP contribution is -2.13. The summed E-state index contributed by atoms with van der Waals surface area (Å²) in [6, 6.07) is 7.75. The number of oxazole rings is 1. The van der Waals surface area contributed by atoms with E-state index in [1.165, 1.54) is 0 Å². The summed E-state index contributed by atoms with van der Waals surface area (Å²) < 4.78 is 5.34. The molecule has 0 aliphatic carbocycles. The Morgan fingerprint density at radius 1 is 1.30 bits per heavy atom. The van der Waals surface area contributed by atoms with Gasteiger partial charge in [-0.05, 0) is 19.1 Å². The molecule has 0 aliphatic heterocycles. The fourth-order valence-corrected chi connectivity index (χ4v) is 2.76. The standard InChI is InChI=1S/C15H18N2O2S/c1-9(2)20-13-8-6-5-7-12(13)17-15(18)14-10(3)16-11(4)19-14/h5-9H,1-4H3,(H,17,18). The van der Waals surface area contributed by atoms with Gasteiger partial charge in [-0.25, -0.2) is 4.98 Å². The van der Waals surface area contributed by atoms with Crippen molar-refractivity contribution in [3.05, 3.63) is 41.6 Å².